The van der Waals surface area contributed by atoms with Gasteiger partial charge in [-0.05, 0) is 38.0 Å². The average Bonchev–Trinajstić information content (AvgIpc) is 3.03. The number of fused-ring (bicyclic) bond motifs is 1. The standard InChI is InChI=1S/C13H20N2OS/c14-11(17)13(6-7-13)12(16)15-8-5-9-3-1-2-4-10(9)15/h9-10H,1-8H2,(H2,14,17). The maximum atomic E-state index is 12.6. The molecule has 17 heavy (non-hydrogen) atoms. The van der Waals surface area contributed by atoms with E-state index in [4.69, 9.17) is 18.0 Å². The Balaban J connectivity index is 1.77. The molecule has 3 rings (SSSR count). The van der Waals surface area contributed by atoms with E-state index in [1.807, 2.05) is 0 Å². The molecule has 0 aromatic heterocycles. The predicted octanol–water partition coefficient (Wildman–Crippen LogP) is 1.84. The molecule has 3 nitrogen and oxygen atoms in total. The molecule has 2 N–H and O–H groups in total. The van der Waals surface area contributed by atoms with E-state index < -0.39 is 5.41 Å². The van der Waals surface area contributed by atoms with Gasteiger partial charge in [0.05, 0.1) is 10.4 Å². The average molecular weight is 252 g/mol. The number of carbonyl (C=O) groups excluding carboxylic acids is 1. The highest BCUT2D eigenvalue weighted by Crippen LogP contribution is 2.49. The van der Waals surface area contributed by atoms with Crippen LogP contribution in [0.3, 0.4) is 0 Å². The van der Waals surface area contributed by atoms with Crippen LogP contribution in [-0.4, -0.2) is 28.4 Å². The van der Waals surface area contributed by atoms with Gasteiger partial charge < -0.3 is 10.6 Å². The molecule has 2 saturated carbocycles. The highest BCUT2D eigenvalue weighted by molar-refractivity contribution is 7.80. The molecule has 94 valence electrons. The number of hydrogen-bond acceptors (Lipinski definition) is 2. The van der Waals surface area contributed by atoms with Crippen molar-refractivity contribution in [1.82, 2.24) is 4.90 Å². The second-order valence-electron chi connectivity index (χ2n) is 5.85. The van der Waals surface area contributed by atoms with E-state index in [2.05, 4.69) is 4.90 Å². The normalized spacial score (nSPS) is 34.2. The molecule has 0 bridgehead atoms. The van der Waals surface area contributed by atoms with Crippen LogP contribution in [0.2, 0.25) is 0 Å². The molecule has 3 fully saturated rings. The molecule has 0 aromatic rings. The number of nitrogens with zero attached hydrogens (tertiary/aromatic N) is 1. The van der Waals surface area contributed by atoms with Crippen LogP contribution in [0.25, 0.3) is 0 Å². The molecule has 2 aliphatic carbocycles. The molecule has 1 saturated heterocycles. The third kappa shape index (κ3) is 1.68. The summed E-state index contributed by atoms with van der Waals surface area (Å²) in [5.41, 5.74) is 5.31. The number of rotatable bonds is 2. The lowest BCUT2D eigenvalue weighted by Gasteiger charge is -2.33. The van der Waals surface area contributed by atoms with Crippen molar-refractivity contribution in [1.29, 1.82) is 0 Å². The molecule has 2 unspecified atom stereocenters. The van der Waals surface area contributed by atoms with Gasteiger partial charge in [-0.3, -0.25) is 4.79 Å². The smallest absolute Gasteiger partial charge is 0.235 e. The van der Waals surface area contributed by atoms with Gasteiger partial charge in [-0.2, -0.15) is 0 Å². The third-order valence-corrected chi connectivity index (χ3v) is 5.29. The van der Waals surface area contributed by atoms with Crippen molar-refractivity contribution >= 4 is 23.1 Å². The van der Waals surface area contributed by atoms with Crippen LogP contribution in [-0.2, 0) is 4.79 Å². The first kappa shape index (κ1) is 11.5. The van der Waals surface area contributed by atoms with E-state index in [1.165, 1.54) is 32.1 Å². The fourth-order valence-electron chi connectivity index (χ4n) is 3.62. The van der Waals surface area contributed by atoms with Crippen molar-refractivity contribution in [3.05, 3.63) is 0 Å². The summed E-state index contributed by atoms with van der Waals surface area (Å²) in [4.78, 5) is 15.1. The molecule has 1 amide bonds. The summed E-state index contributed by atoms with van der Waals surface area (Å²) in [5, 5.41) is 0. The van der Waals surface area contributed by atoms with Crippen LogP contribution < -0.4 is 5.73 Å². The van der Waals surface area contributed by atoms with Gasteiger partial charge >= 0.3 is 0 Å². The van der Waals surface area contributed by atoms with Crippen molar-refractivity contribution < 1.29 is 4.79 Å². The van der Waals surface area contributed by atoms with E-state index in [0.717, 1.165) is 25.3 Å². The topological polar surface area (TPSA) is 46.3 Å². The first-order valence-electron chi connectivity index (χ1n) is 6.76. The SMILES string of the molecule is NC(=S)C1(C(=O)N2CCC3CCCCC32)CC1. The molecular weight excluding hydrogens is 232 g/mol. The molecule has 2 atom stereocenters. The molecule has 0 spiro atoms. The zero-order valence-electron chi connectivity index (χ0n) is 10.2. The first-order chi connectivity index (χ1) is 8.15. The zero-order valence-corrected chi connectivity index (χ0v) is 11.0. The van der Waals surface area contributed by atoms with E-state index in [-0.39, 0.29) is 5.91 Å². The minimum Gasteiger partial charge on any atom is -0.392 e. The van der Waals surface area contributed by atoms with Gasteiger partial charge in [-0.15, -0.1) is 0 Å². The summed E-state index contributed by atoms with van der Waals surface area (Å²) >= 11 is 5.08. The van der Waals surface area contributed by atoms with Gasteiger partial charge in [0.1, 0.15) is 0 Å². The largest absolute Gasteiger partial charge is 0.392 e. The second-order valence-corrected chi connectivity index (χ2v) is 6.29. The first-order valence-corrected chi connectivity index (χ1v) is 7.17. The van der Waals surface area contributed by atoms with Crippen molar-refractivity contribution in [3.8, 4) is 0 Å². The molecule has 1 heterocycles. The van der Waals surface area contributed by atoms with E-state index in [1.54, 1.807) is 0 Å². The molecule has 3 aliphatic rings. The Hall–Kier alpha value is -0.640. The summed E-state index contributed by atoms with van der Waals surface area (Å²) in [6, 6.07) is 0.489. The maximum Gasteiger partial charge on any atom is 0.235 e. The Bertz CT molecular complexity index is 364. The minimum absolute atomic E-state index is 0.236. The Kier molecular flexibility index (Phi) is 2.65. The van der Waals surface area contributed by atoms with Crippen LogP contribution in [0.5, 0.6) is 0 Å². The van der Waals surface area contributed by atoms with E-state index in [9.17, 15) is 4.79 Å². The van der Waals surface area contributed by atoms with Crippen molar-refractivity contribution in [2.45, 2.75) is 51.0 Å². The van der Waals surface area contributed by atoms with Crippen LogP contribution in [0.15, 0.2) is 0 Å². The minimum atomic E-state index is -0.443. The lowest BCUT2D eigenvalue weighted by molar-refractivity contribution is -0.136. The number of hydrogen-bond donors (Lipinski definition) is 1. The third-order valence-electron chi connectivity index (χ3n) is 4.90. The van der Waals surface area contributed by atoms with Crippen LogP contribution in [0.1, 0.15) is 44.9 Å². The van der Waals surface area contributed by atoms with Crippen molar-refractivity contribution in [2.24, 2.45) is 17.1 Å². The van der Waals surface area contributed by atoms with Gasteiger partial charge in [-0.25, -0.2) is 0 Å². The van der Waals surface area contributed by atoms with Gasteiger partial charge in [0, 0.05) is 12.6 Å². The summed E-state index contributed by atoms with van der Waals surface area (Å²) in [5.74, 6) is 0.981. The molecular formula is C13H20N2OS. The highest BCUT2D eigenvalue weighted by atomic mass is 32.1. The van der Waals surface area contributed by atoms with E-state index in [0.29, 0.717) is 11.0 Å². The quantitative estimate of drug-likeness (QED) is 0.763. The van der Waals surface area contributed by atoms with Gasteiger partial charge in [0.2, 0.25) is 5.91 Å². The van der Waals surface area contributed by atoms with Crippen molar-refractivity contribution in [2.75, 3.05) is 6.54 Å². The zero-order chi connectivity index (χ0) is 12.0. The highest BCUT2D eigenvalue weighted by Gasteiger charge is 2.56. The van der Waals surface area contributed by atoms with Gasteiger partial charge in [-0.1, -0.05) is 25.1 Å². The fourth-order valence-corrected chi connectivity index (χ4v) is 3.92. The van der Waals surface area contributed by atoms with Crippen LogP contribution in [0, 0.1) is 11.3 Å². The van der Waals surface area contributed by atoms with Crippen molar-refractivity contribution in [3.63, 3.8) is 0 Å². The Morgan fingerprint density at radius 1 is 1.24 bits per heavy atom. The number of carbonyl (C=O) groups is 1. The molecule has 4 heteroatoms. The number of thiocarbonyl (C=S) groups is 1. The molecule has 0 radical (unpaired) electrons. The number of likely N-dealkylation sites (tertiary alicyclic amines) is 1. The van der Waals surface area contributed by atoms with Crippen LogP contribution in [0.4, 0.5) is 0 Å². The van der Waals surface area contributed by atoms with Gasteiger partial charge in [0.25, 0.3) is 0 Å². The summed E-state index contributed by atoms with van der Waals surface area (Å²) < 4.78 is 0. The summed E-state index contributed by atoms with van der Waals surface area (Å²) in [6.45, 7) is 0.929. The monoisotopic (exact) mass is 252 g/mol. The summed E-state index contributed by atoms with van der Waals surface area (Å²) in [7, 11) is 0. The van der Waals surface area contributed by atoms with E-state index >= 15 is 0 Å². The van der Waals surface area contributed by atoms with Crippen LogP contribution >= 0.6 is 12.2 Å². The lowest BCUT2D eigenvalue weighted by Crippen LogP contribution is -2.46. The Morgan fingerprint density at radius 3 is 2.59 bits per heavy atom. The lowest BCUT2D eigenvalue weighted by atomic mass is 9.85. The number of amides is 1. The Morgan fingerprint density at radius 2 is 1.94 bits per heavy atom. The molecule has 1 aliphatic heterocycles. The van der Waals surface area contributed by atoms with Gasteiger partial charge in [0.15, 0.2) is 0 Å². The number of nitrogens with two attached hydrogens (primary N) is 1. The maximum absolute atomic E-state index is 12.6. The predicted molar refractivity (Wildman–Crippen MR) is 70.5 cm³/mol. The summed E-state index contributed by atoms with van der Waals surface area (Å²) in [6.07, 6.45) is 8.01. The second kappa shape index (κ2) is 3.94. The Labute approximate surface area is 108 Å². The fraction of sp³-hybridized carbons (Fsp3) is 0.846. The molecule has 0 aromatic carbocycles.